The quantitative estimate of drug-likeness (QED) is 0.925. The van der Waals surface area contributed by atoms with Crippen LogP contribution in [0.15, 0.2) is 48.5 Å². The number of carbonyl (C=O) groups is 2. The van der Waals surface area contributed by atoms with Crippen LogP contribution in [0.4, 0.5) is 11.4 Å². The highest BCUT2D eigenvalue weighted by atomic mass is 16.2. The van der Waals surface area contributed by atoms with Crippen molar-refractivity contribution in [2.75, 3.05) is 17.3 Å². The van der Waals surface area contributed by atoms with Gasteiger partial charge in [-0.25, -0.2) is 0 Å². The maximum absolute atomic E-state index is 12.7. The molecule has 0 spiro atoms. The van der Waals surface area contributed by atoms with Crippen LogP contribution in [0.1, 0.15) is 23.5 Å². The minimum absolute atomic E-state index is 0.0383. The third-order valence-corrected chi connectivity index (χ3v) is 4.15. The molecule has 2 amide bonds. The average molecular weight is 294 g/mol. The molecule has 4 nitrogen and oxygen atoms in total. The predicted molar refractivity (Wildman–Crippen MR) is 87.0 cm³/mol. The van der Waals surface area contributed by atoms with Crippen molar-refractivity contribution in [3.8, 4) is 0 Å². The van der Waals surface area contributed by atoms with Crippen LogP contribution in [0.5, 0.6) is 0 Å². The molecule has 1 atom stereocenters. The fourth-order valence-electron chi connectivity index (χ4n) is 2.81. The number of amides is 2. The van der Waals surface area contributed by atoms with Gasteiger partial charge in [-0.15, -0.1) is 0 Å². The highest BCUT2D eigenvalue weighted by Gasteiger charge is 2.33. The molecule has 0 saturated heterocycles. The molecule has 1 unspecified atom stereocenters. The average Bonchev–Trinajstić information content (AvgIpc) is 2.53. The maximum atomic E-state index is 12.7. The number of carbonyl (C=O) groups excluding carboxylic acids is 2. The van der Waals surface area contributed by atoms with Crippen LogP contribution in [-0.4, -0.2) is 18.9 Å². The van der Waals surface area contributed by atoms with Crippen molar-refractivity contribution in [1.82, 2.24) is 0 Å². The van der Waals surface area contributed by atoms with E-state index in [1.165, 1.54) is 0 Å². The van der Waals surface area contributed by atoms with E-state index in [4.69, 9.17) is 0 Å². The van der Waals surface area contributed by atoms with E-state index < -0.39 is 5.92 Å². The van der Waals surface area contributed by atoms with E-state index in [2.05, 4.69) is 5.32 Å². The number of benzene rings is 2. The standard InChI is InChI=1S/C18H18N2O2/c1-12-7-3-5-9-15(12)19-18(22)14-11-17(21)20(2)16-10-6-4-8-13(14)16/h3-10,14H,11H2,1-2H3,(H,19,22). The lowest BCUT2D eigenvalue weighted by molar-refractivity contribution is -0.124. The van der Waals surface area contributed by atoms with Crippen molar-refractivity contribution >= 4 is 23.2 Å². The zero-order chi connectivity index (χ0) is 15.7. The third kappa shape index (κ3) is 2.48. The van der Waals surface area contributed by atoms with Crippen molar-refractivity contribution in [2.45, 2.75) is 19.3 Å². The molecule has 0 bridgehead atoms. The lowest BCUT2D eigenvalue weighted by Crippen LogP contribution is -2.37. The first-order chi connectivity index (χ1) is 10.6. The molecule has 0 fully saturated rings. The summed E-state index contributed by atoms with van der Waals surface area (Å²) in [5.74, 6) is -0.619. The lowest BCUT2D eigenvalue weighted by atomic mass is 9.89. The first-order valence-electron chi connectivity index (χ1n) is 7.30. The summed E-state index contributed by atoms with van der Waals surface area (Å²) in [6.45, 7) is 1.95. The Morgan fingerprint density at radius 3 is 2.59 bits per heavy atom. The van der Waals surface area contributed by atoms with E-state index in [-0.39, 0.29) is 18.2 Å². The highest BCUT2D eigenvalue weighted by Crippen LogP contribution is 2.35. The van der Waals surface area contributed by atoms with Crippen molar-refractivity contribution < 1.29 is 9.59 Å². The second-order valence-electron chi connectivity index (χ2n) is 5.57. The molecule has 3 rings (SSSR count). The topological polar surface area (TPSA) is 49.4 Å². The monoisotopic (exact) mass is 294 g/mol. The zero-order valence-corrected chi connectivity index (χ0v) is 12.7. The Morgan fingerprint density at radius 2 is 1.82 bits per heavy atom. The molecule has 1 heterocycles. The summed E-state index contributed by atoms with van der Waals surface area (Å²) in [6.07, 6.45) is 0.200. The largest absolute Gasteiger partial charge is 0.325 e. The fourth-order valence-corrected chi connectivity index (χ4v) is 2.81. The number of hydrogen-bond acceptors (Lipinski definition) is 2. The van der Waals surface area contributed by atoms with Gasteiger partial charge in [0.05, 0.1) is 5.92 Å². The summed E-state index contributed by atoms with van der Waals surface area (Å²) in [7, 11) is 1.75. The van der Waals surface area contributed by atoms with E-state index in [0.717, 1.165) is 22.5 Å². The Morgan fingerprint density at radius 1 is 1.14 bits per heavy atom. The van der Waals surface area contributed by atoms with Crippen LogP contribution in [0.25, 0.3) is 0 Å². The third-order valence-electron chi connectivity index (χ3n) is 4.15. The molecule has 1 aliphatic rings. The van der Waals surface area contributed by atoms with Crippen molar-refractivity contribution in [2.24, 2.45) is 0 Å². The molecule has 22 heavy (non-hydrogen) atoms. The zero-order valence-electron chi connectivity index (χ0n) is 12.7. The Labute approximate surface area is 129 Å². The second kappa shape index (κ2) is 5.64. The molecule has 2 aromatic carbocycles. The van der Waals surface area contributed by atoms with Crippen molar-refractivity contribution in [1.29, 1.82) is 0 Å². The second-order valence-corrected chi connectivity index (χ2v) is 5.57. The summed E-state index contributed by atoms with van der Waals surface area (Å²) in [5, 5.41) is 2.95. The van der Waals surface area contributed by atoms with Gasteiger partial charge < -0.3 is 10.2 Å². The molecule has 0 saturated carbocycles. The minimum Gasteiger partial charge on any atom is -0.325 e. The maximum Gasteiger partial charge on any atom is 0.232 e. The molecular formula is C18H18N2O2. The van der Waals surface area contributed by atoms with Gasteiger partial charge in [-0.2, -0.15) is 0 Å². The van der Waals surface area contributed by atoms with E-state index in [1.54, 1.807) is 11.9 Å². The van der Waals surface area contributed by atoms with E-state index in [9.17, 15) is 9.59 Å². The molecule has 0 radical (unpaired) electrons. The number of hydrogen-bond donors (Lipinski definition) is 1. The lowest BCUT2D eigenvalue weighted by Gasteiger charge is -2.31. The Hall–Kier alpha value is -2.62. The number of nitrogens with one attached hydrogen (secondary N) is 1. The van der Waals surface area contributed by atoms with Gasteiger partial charge >= 0.3 is 0 Å². The number of fused-ring (bicyclic) bond motifs is 1. The Bertz CT molecular complexity index is 739. The smallest absolute Gasteiger partial charge is 0.232 e. The Kier molecular flexibility index (Phi) is 3.67. The number of aryl methyl sites for hydroxylation is 1. The molecule has 1 N–H and O–H groups in total. The summed E-state index contributed by atoms with van der Waals surface area (Å²) in [4.78, 5) is 26.4. The van der Waals surface area contributed by atoms with Gasteiger partial charge in [0.1, 0.15) is 0 Å². The molecule has 2 aromatic rings. The van der Waals surface area contributed by atoms with Crippen LogP contribution < -0.4 is 10.2 Å². The first-order valence-corrected chi connectivity index (χ1v) is 7.30. The highest BCUT2D eigenvalue weighted by molar-refractivity contribution is 6.06. The van der Waals surface area contributed by atoms with Gasteiger partial charge in [-0.05, 0) is 30.2 Å². The van der Waals surface area contributed by atoms with E-state index in [0.29, 0.717) is 0 Å². The molecule has 1 aliphatic heterocycles. The van der Waals surface area contributed by atoms with Gasteiger partial charge in [0, 0.05) is 24.8 Å². The van der Waals surface area contributed by atoms with Crippen LogP contribution in [0, 0.1) is 6.92 Å². The Balaban J connectivity index is 1.92. The van der Waals surface area contributed by atoms with Crippen LogP contribution >= 0.6 is 0 Å². The molecule has 0 aliphatic carbocycles. The van der Waals surface area contributed by atoms with Gasteiger partial charge in [0.2, 0.25) is 11.8 Å². The summed E-state index contributed by atoms with van der Waals surface area (Å²) in [6, 6.07) is 15.2. The summed E-state index contributed by atoms with van der Waals surface area (Å²) in [5.41, 5.74) is 3.50. The molecule has 4 heteroatoms. The fraction of sp³-hybridized carbons (Fsp3) is 0.222. The molecular weight excluding hydrogens is 276 g/mol. The van der Waals surface area contributed by atoms with Crippen LogP contribution in [-0.2, 0) is 9.59 Å². The number of para-hydroxylation sites is 2. The van der Waals surface area contributed by atoms with Gasteiger partial charge in [-0.3, -0.25) is 9.59 Å². The molecule has 112 valence electrons. The van der Waals surface area contributed by atoms with Gasteiger partial charge in [0.25, 0.3) is 0 Å². The number of rotatable bonds is 2. The first kappa shape index (κ1) is 14.3. The van der Waals surface area contributed by atoms with E-state index >= 15 is 0 Å². The predicted octanol–water partition coefficient (Wildman–Crippen LogP) is 3.08. The van der Waals surface area contributed by atoms with Crippen molar-refractivity contribution in [3.63, 3.8) is 0 Å². The molecule has 0 aromatic heterocycles. The van der Waals surface area contributed by atoms with Gasteiger partial charge in [0.15, 0.2) is 0 Å². The number of anilines is 2. The normalized spacial score (nSPS) is 17.1. The minimum atomic E-state index is -0.445. The van der Waals surface area contributed by atoms with Crippen LogP contribution in [0.3, 0.4) is 0 Å². The van der Waals surface area contributed by atoms with Crippen LogP contribution in [0.2, 0.25) is 0 Å². The van der Waals surface area contributed by atoms with Crippen molar-refractivity contribution in [3.05, 3.63) is 59.7 Å². The summed E-state index contributed by atoms with van der Waals surface area (Å²) >= 11 is 0. The number of nitrogens with zero attached hydrogens (tertiary/aromatic N) is 1. The summed E-state index contributed by atoms with van der Waals surface area (Å²) < 4.78 is 0. The van der Waals surface area contributed by atoms with E-state index in [1.807, 2.05) is 55.5 Å². The SMILES string of the molecule is Cc1ccccc1NC(=O)C1CC(=O)N(C)c2ccccc21. The van der Waals surface area contributed by atoms with Gasteiger partial charge in [-0.1, -0.05) is 36.4 Å².